The molecule has 0 bridgehead atoms. The van der Waals surface area contributed by atoms with E-state index < -0.39 is 11.9 Å². The molecule has 1 amide bonds. The quantitative estimate of drug-likeness (QED) is 0.889. The fourth-order valence-electron chi connectivity index (χ4n) is 1.31. The SMILES string of the molecule is O=C(O)Cc1csc(NC(=O)c2ncccc2Br)n1. The largest absolute Gasteiger partial charge is 0.481 e. The Morgan fingerprint density at radius 1 is 1.47 bits per heavy atom. The molecule has 19 heavy (non-hydrogen) atoms. The number of halogens is 1. The minimum atomic E-state index is -0.962. The van der Waals surface area contributed by atoms with E-state index in [4.69, 9.17) is 5.11 Å². The lowest BCUT2D eigenvalue weighted by molar-refractivity contribution is -0.136. The lowest BCUT2D eigenvalue weighted by atomic mass is 10.3. The molecule has 0 aliphatic heterocycles. The van der Waals surface area contributed by atoms with E-state index in [1.807, 2.05) is 0 Å². The molecular weight excluding hydrogens is 334 g/mol. The molecule has 0 atom stereocenters. The molecule has 2 rings (SSSR count). The summed E-state index contributed by atoms with van der Waals surface area (Å²) in [5, 5.41) is 13.1. The second-order valence-electron chi connectivity index (χ2n) is 3.50. The summed E-state index contributed by atoms with van der Waals surface area (Å²) in [4.78, 5) is 30.4. The number of anilines is 1. The molecule has 98 valence electrons. The van der Waals surface area contributed by atoms with Crippen LogP contribution in [-0.4, -0.2) is 27.0 Å². The summed E-state index contributed by atoms with van der Waals surface area (Å²) in [7, 11) is 0. The first-order valence-electron chi connectivity index (χ1n) is 5.14. The molecule has 0 aliphatic carbocycles. The maximum Gasteiger partial charge on any atom is 0.309 e. The number of hydrogen-bond donors (Lipinski definition) is 2. The minimum absolute atomic E-state index is 0.167. The Morgan fingerprint density at radius 2 is 2.26 bits per heavy atom. The molecule has 2 aromatic heterocycles. The molecule has 0 spiro atoms. The molecule has 0 unspecified atom stereocenters. The Balaban J connectivity index is 2.09. The highest BCUT2D eigenvalue weighted by molar-refractivity contribution is 9.10. The first-order valence-corrected chi connectivity index (χ1v) is 6.81. The van der Waals surface area contributed by atoms with E-state index in [1.165, 1.54) is 17.5 Å². The van der Waals surface area contributed by atoms with Gasteiger partial charge in [-0.2, -0.15) is 0 Å². The highest BCUT2D eigenvalue weighted by atomic mass is 79.9. The predicted octanol–water partition coefficient (Wildman–Crippen LogP) is 2.18. The summed E-state index contributed by atoms with van der Waals surface area (Å²) >= 11 is 4.40. The number of aromatic nitrogens is 2. The monoisotopic (exact) mass is 341 g/mol. The number of carbonyl (C=O) groups is 2. The summed E-state index contributed by atoms with van der Waals surface area (Å²) in [6, 6.07) is 3.41. The lowest BCUT2D eigenvalue weighted by Crippen LogP contribution is -2.14. The van der Waals surface area contributed by atoms with Crippen LogP contribution >= 0.6 is 27.3 Å². The van der Waals surface area contributed by atoms with Crippen molar-refractivity contribution in [2.45, 2.75) is 6.42 Å². The average Bonchev–Trinajstić information content (AvgIpc) is 2.76. The molecule has 2 N–H and O–H groups in total. The Kier molecular flexibility index (Phi) is 4.23. The second kappa shape index (κ2) is 5.89. The second-order valence-corrected chi connectivity index (χ2v) is 5.21. The molecule has 0 aliphatic rings. The van der Waals surface area contributed by atoms with E-state index >= 15 is 0 Å². The van der Waals surface area contributed by atoms with Gasteiger partial charge >= 0.3 is 5.97 Å². The number of aliphatic carboxylic acids is 1. The Hall–Kier alpha value is -1.80. The predicted molar refractivity (Wildman–Crippen MR) is 73.3 cm³/mol. The summed E-state index contributed by atoms with van der Waals surface area (Å²) < 4.78 is 0.579. The number of amides is 1. The van der Waals surface area contributed by atoms with E-state index in [0.717, 1.165) is 0 Å². The van der Waals surface area contributed by atoms with Crippen LogP contribution in [0.5, 0.6) is 0 Å². The van der Waals surface area contributed by atoms with Crippen molar-refractivity contribution < 1.29 is 14.7 Å². The van der Waals surface area contributed by atoms with Crippen LogP contribution in [0.1, 0.15) is 16.2 Å². The fraction of sp³-hybridized carbons (Fsp3) is 0.0909. The van der Waals surface area contributed by atoms with Crippen LogP contribution in [-0.2, 0) is 11.2 Å². The van der Waals surface area contributed by atoms with Crippen molar-refractivity contribution in [1.29, 1.82) is 0 Å². The number of nitrogens with one attached hydrogen (secondary N) is 1. The van der Waals surface area contributed by atoms with Crippen LogP contribution in [0.25, 0.3) is 0 Å². The zero-order valence-electron chi connectivity index (χ0n) is 9.46. The molecule has 0 fully saturated rings. The number of thiazole rings is 1. The number of carboxylic acids is 1. The molecule has 0 radical (unpaired) electrons. The lowest BCUT2D eigenvalue weighted by Gasteiger charge is -2.02. The van der Waals surface area contributed by atoms with Gasteiger partial charge in [0, 0.05) is 16.0 Å². The topological polar surface area (TPSA) is 92.2 Å². The van der Waals surface area contributed by atoms with Gasteiger partial charge in [0.2, 0.25) is 0 Å². The van der Waals surface area contributed by atoms with Gasteiger partial charge in [0.1, 0.15) is 5.69 Å². The standard InChI is InChI=1S/C11H8BrN3O3S/c12-7-2-1-3-13-9(7)10(18)15-11-14-6(5-19-11)4-8(16)17/h1-3,5H,4H2,(H,16,17)(H,14,15,18). The van der Waals surface area contributed by atoms with Gasteiger partial charge in [-0.1, -0.05) is 0 Å². The molecular formula is C11H8BrN3O3S. The Morgan fingerprint density at radius 3 is 2.95 bits per heavy atom. The number of nitrogens with zero attached hydrogens (tertiary/aromatic N) is 2. The number of rotatable bonds is 4. The van der Waals surface area contributed by atoms with Crippen LogP contribution in [0.15, 0.2) is 28.2 Å². The van der Waals surface area contributed by atoms with Gasteiger partial charge in [-0.25, -0.2) is 9.97 Å². The zero-order chi connectivity index (χ0) is 13.8. The summed E-state index contributed by atoms with van der Waals surface area (Å²) in [5.41, 5.74) is 0.658. The van der Waals surface area contributed by atoms with Crippen molar-refractivity contribution in [2.75, 3.05) is 5.32 Å². The third-order valence-electron chi connectivity index (χ3n) is 2.08. The molecule has 8 heteroatoms. The van der Waals surface area contributed by atoms with E-state index in [-0.39, 0.29) is 12.1 Å². The maximum atomic E-state index is 11.9. The maximum absolute atomic E-state index is 11.9. The Bertz CT molecular complexity index is 629. The Labute approximate surface area is 120 Å². The molecule has 2 heterocycles. The fourth-order valence-corrected chi connectivity index (χ4v) is 2.45. The van der Waals surface area contributed by atoms with Gasteiger partial charge in [0.25, 0.3) is 5.91 Å². The smallest absolute Gasteiger partial charge is 0.309 e. The number of pyridine rings is 1. The number of carboxylic acid groups (broad SMARTS) is 1. The number of carbonyl (C=O) groups excluding carboxylic acids is 1. The molecule has 0 aromatic carbocycles. The van der Waals surface area contributed by atoms with Crippen molar-refractivity contribution in [3.8, 4) is 0 Å². The average molecular weight is 342 g/mol. The van der Waals surface area contributed by atoms with Crippen molar-refractivity contribution in [3.63, 3.8) is 0 Å². The van der Waals surface area contributed by atoms with Gasteiger partial charge in [-0.3, -0.25) is 14.9 Å². The van der Waals surface area contributed by atoms with E-state index in [2.05, 4.69) is 31.2 Å². The van der Waals surface area contributed by atoms with Crippen molar-refractivity contribution in [2.24, 2.45) is 0 Å². The number of hydrogen-bond acceptors (Lipinski definition) is 5. The van der Waals surface area contributed by atoms with Crippen molar-refractivity contribution in [3.05, 3.63) is 39.6 Å². The van der Waals surface area contributed by atoms with Gasteiger partial charge in [-0.15, -0.1) is 11.3 Å². The molecule has 0 saturated carbocycles. The van der Waals surface area contributed by atoms with E-state index in [9.17, 15) is 9.59 Å². The van der Waals surface area contributed by atoms with Crippen LogP contribution in [0, 0.1) is 0 Å². The zero-order valence-corrected chi connectivity index (χ0v) is 11.9. The van der Waals surface area contributed by atoms with Crippen LogP contribution < -0.4 is 5.32 Å². The normalized spacial score (nSPS) is 10.2. The van der Waals surface area contributed by atoms with Crippen LogP contribution in [0.4, 0.5) is 5.13 Å². The van der Waals surface area contributed by atoms with Crippen LogP contribution in [0.2, 0.25) is 0 Å². The molecule has 6 nitrogen and oxygen atoms in total. The molecule has 0 saturated heterocycles. The van der Waals surface area contributed by atoms with Crippen molar-refractivity contribution in [1.82, 2.24) is 9.97 Å². The third-order valence-corrected chi connectivity index (χ3v) is 3.52. The third kappa shape index (κ3) is 3.58. The first kappa shape index (κ1) is 13.6. The minimum Gasteiger partial charge on any atom is -0.481 e. The first-order chi connectivity index (χ1) is 9.06. The summed E-state index contributed by atoms with van der Waals surface area (Å²) in [6.07, 6.45) is 1.34. The van der Waals surface area contributed by atoms with Crippen LogP contribution in [0.3, 0.4) is 0 Å². The van der Waals surface area contributed by atoms with E-state index in [0.29, 0.717) is 15.3 Å². The van der Waals surface area contributed by atoms with Crippen molar-refractivity contribution >= 4 is 44.3 Å². The molecule has 2 aromatic rings. The van der Waals surface area contributed by atoms with E-state index in [1.54, 1.807) is 17.5 Å². The summed E-state index contributed by atoms with van der Waals surface area (Å²) in [5.74, 6) is -1.36. The van der Waals surface area contributed by atoms with Gasteiger partial charge < -0.3 is 5.11 Å². The van der Waals surface area contributed by atoms with Gasteiger partial charge in [0.05, 0.1) is 12.1 Å². The van der Waals surface area contributed by atoms with Gasteiger partial charge in [0.15, 0.2) is 5.13 Å². The highest BCUT2D eigenvalue weighted by Crippen LogP contribution is 2.19. The highest BCUT2D eigenvalue weighted by Gasteiger charge is 2.13. The van der Waals surface area contributed by atoms with Gasteiger partial charge in [-0.05, 0) is 28.1 Å². The summed E-state index contributed by atoms with van der Waals surface area (Å²) in [6.45, 7) is 0.